The molecule has 0 saturated carbocycles. The maximum absolute atomic E-state index is 13.8. The van der Waals surface area contributed by atoms with Crippen LogP contribution in [-0.4, -0.2) is 59.7 Å². The van der Waals surface area contributed by atoms with Crippen molar-refractivity contribution in [3.8, 4) is 5.88 Å². The van der Waals surface area contributed by atoms with Gasteiger partial charge in [-0.1, -0.05) is 6.07 Å². The van der Waals surface area contributed by atoms with Crippen LogP contribution >= 0.6 is 11.3 Å². The number of benzene rings is 1. The first kappa shape index (κ1) is 26.8. The molecule has 0 amide bonds. The maximum atomic E-state index is 13.8. The minimum Gasteiger partial charge on any atom is -0.481 e. The van der Waals surface area contributed by atoms with Crippen LogP contribution in [-0.2, 0) is 11.0 Å². The number of aromatic nitrogens is 1. The molecule has 4 heterocycles. The van der Waals surface area contributed by atoms with Crippen molar-refractivity contribution in [2.45, 2.75) is 38.5 Å². The summed E-state index contributed by atoms with van der Waals surface area (Å²) < 4.78 is 46.5. The molecule has 0 bridgehead atoms. The van der Waals surface area contributed by atoms with Crippen LogP contribution in [0.15, 0.2) is 53.0 Å². The zero-order chi connectivity index (χ0) is 27.9. The second-order valence-corrected chi connectivity index (χ2v) is 10.6. The average Bonchev–Trinajstić information content (AvgIpc) is 3.37. The van der Waals surface area contributed by atoms with Gasteiger partial charge in [0.05, 0.1) is 35.7 Å². The quantitative estimate of drug-likeness (QED) is 0.429. The third-order valence-corrected chi connectivity index (χ3v) is 8.06. The summed E-state index contributed by atoms with van der Waals surface area (Å²) in [6.07, 6.45) is -3.14. The normalized spacial score (nSPS) is 19.5. The number of methoxy groups -OCH3 is 1. The molecule has 0 radical (unpaired) electrons. The number of aryl methyl sites for hydroxylation is 1. The number of piperazine rings is 1. The lowest BCUT2D eigenvalue weighted by atomic mass is 10.0. The van der Waals surface area contributed by atoms with Crippen molar-refractivity contribution >= 4 is 40.3 Å². The molecule has 3 aromatic rings. The number of carboxylic acids is 1. The Morgan fingerprint density at radius 2 is 2.00 bits per heavy atom. The van der Waals surface area contributed by atoms with Gasteiger partial charge in [0.25, 0.3) is 0 Å². The van der Waals surface area contributed by atoms with Crippen molar-refractivity contribution in [1.82, 2.24) is 9.88 Å². The van der Waals surface area contributed by atoms with Gasteiger partial charge in [0.15, 0.2) is 0 Å². The fraction of sp³-hybridized carbons (Fsp3) is 0.370. The maximum Gasteiger partial charge on any atom is 0.416 e. The number of fused-ring (bicyclic) bond motifs is 1. The van der Waals surface area contributed by atoms with Gasteiger partial charge in [0, 0.05) is 49.3 Å². The molecule has 2 aromatic heterocycles. The molecule has 1 saturated heterocycles. The molecule has 1 fully saturated rings. The number of alkyl halides is 3. The number of aliphatic carboxylic acids is 1. The highest BCUT2D eigenvalue weighted by atomic mass is 32.1. The van der Waals surface area contributed by atoms with Gasteiger partial charge < -0.3 is 24.5 Å². The van der Waals surface area contributed by atoms with E-state index in [2.05, 4.69) is 16.8 Å². The third kappa shape index (κ3) is 5.25. The Hall–Kier alpha value is -3.80. The molecule has 39 heavy (non-hydrogen) atoms. The molecule has 2 aliphatic heterocycles. The van der Waals surface area contributed by atoms with Gasteiger partial charge in [-0.2, -0.15) is 13.2 Å². The zero-order valence-electron chi connectivity index (χ0n) is 21.6. The molecule has 2 aliphatic rings. The second-order valence-electron chi connectivity index (χ2n) is 9.61. The third-order valence-electron chi connectivity index (χ3n) is 7.06. The Labute approximate surface area is 228 Å². The highest BCUT2D eigenvalue weighted by Crippen LogP contribution is 2.45. The average molecular weight is 560 g/mol. The molecule has 0 unspecified atom stereocenters. The summed E-state index contributed by atoms with van der Waals surface area (Å²) in [6.45, 7) is 5.46. The van der Waals surface area contributed by atoms with Crippen molar-refractivity contribution in [2.75, 3.05) is 36.5 Å². The summed E-state index contributed by atoms with van der Waals surface area (Å²) in [7, 11) is 1.56. The van der Waals surface area contributed by atoms with Crippen LogP contribution in [0.4, 0.5) is 30.2 Å². The first-order valence-electron chi connectivity index (χ1n) is 12.4. The Bertz CT molecular complexity index is 1410. The van der Waals surface area contributed by atoms with E-state index in [1.807, 2.05) is 28.5 Å². The van der Waals surface area contributed by atoms with Crippen molar-refractivity contribution in [2.24, 2.45) is 4.99 Å². The molecule has 2 atom stereocenters. The summed E-state index contributed by atoms with van der Waals surface area (Å²) in [5.74, 6) is -0.0834. The predicted molar refractivity (Wildman–Crippen MR) is 144 cm³/mol. The van der Waals surface area contributed by atoms with Gasteiger partial charge in [-0.05, 0) is 49.1 Å². The van der Waals surface area contributed by atoms with E-state index in [-0.39, 0.29) is 12.5 Å². The molecular weight excluding hydrogens is 531 g/mol. The number of carbonyl (C=O) groups is 1. The largest absolute Gasteiger partial charge is 0.481 e. The first-order chi connectivity index (χ1) is 18.6. The fourth-order valence-electron chi connectivity index (χ4n) is 5.18. The summed E-state index contributed by atoms with van der Waals surface area (Å²) >= 11 is 1.36. The number of anilines is 2. The Balaban J connectivity index is 1.56. The van der Waals surface area contributed by atoms with Crippen molar-refractivity contribution in [1.29, 1.82) is 0 Å². The molecule has 8 nitrogen and oxygen atoms in total. The minimum absolute atomic E-state index is 0.0137. The summed E-state index contributed by atoms with van der Waals surface area (Å²) in [5.41, 5.74) is 1.70. The number of pyridine rings is 1. The van der Waals surface area contributed by atoms with Crippen LogP contribution in [0.25, 0.3) is 0 Å². The Kier molecular flexibility index (Phi) is 7.15. The molecular formula is C27H28F3N5O3S. The molecule has 1 aromatic carbocycles. The van der Waals surface area contributed by atoms with Crippen LogP contribution in [0.2, 0.25) is 0 Å². The number of carboxylic acid groups (broad SMARTS) is 1. The monoisotopic (exact) mass is 559 g/mol. The molecule has 206 valence electrons. The van der Waals surface area contributed by atoms with Crippen LogP contribution < -0.4 is 14.5 Å². The minimum atomic E-state index is -4.54. The van der Waals surface area contributed by atoms with E-state index in [1.54, 1.807) is 25.1 Å². The van der Waals surface area contributed by atoms with E-state index >= 15 is 0 Å². The van der Waals surface area contributed by atoms with Gasteiger partial charge in [0.2, 0.25) is 11.8 Å². The van der Waals surface area contributed by atoms with Crippen molar-refractivity contribution < 1.29 is 27.8 Å². The zero-order valence-corrected chi connectivity index (χ0v) is 22.5. The lowest BCUT2D eigenvalue weighted by Gasteiger charge is -2.47. The number of thiophene rings is 1. The number of halogens is 3. The molecule has 0 spiro atoms. The van der Waals surface area contributed by atoms with Gasteiger partial charge >= 0.3 is 12.1 Å². The fourth-order valence-corrected chi connectivity index (χ4v) is 6.10. The highest BCUT2D eigenvalue weighted by Gasteiger charge is 2.40. The lowest BCUT2D eigenvalue weighted by Crippen LogP contribution is -2.58. The van der Waals surface area contributed by atoms with Crippen molar-refractivity contribution in [3.05, 3.63) is 64.0 Å². The highest BCUT2D eigenvalue weighted by molar-refractivity contribution is 7.10. The van der Waals surface area contributed by atoms with Gasteiger partial charge in [-0.25, -0.2) is 9.98 Å². The Morgan fingerprint density at radius 1 is 1.21 bits per heavy atom. The van der Waals surface area contributed by atoms with Gasteiger partial charge in [-0.15, -0.1) is 11.3 Å². The van der Waals surface area contributed by atoms with E-state index in [0.29, 0.717) is 53.3 Å². The first-order valence-corrected chi connectivity index (χ1v) is 13.3. The summed E-state index contributed by atoms with van der Waals surface area (Å²) in [4.78, 5) is 27.7. The second kappa shape index (κ2) is 10.4. The van der Waals surface area contributed by atoms with Crippen LogP contribution in [0.5, 0.6) is 5.88 Å². The van der Waals surface area contributed by atoms with Gasteiger partial charge in [0.1, 0.15) is 0 Å². The molecule has 0 aliphatic carbocycles. The van der Waals surface area contributed by atoms with Crippen LogP contribution in [0, 0.1) is 6.92 Å². The van der Waals surface area contributed by atoms with Crippen LogP contribution in [0.3, 0.4) is 0 Å². The lowest BCUT2D eigenvalue weighted by molar-refractivity contribution is -0.138. The standard InChI is InChI=1S/C27H28F3N5O3S/c1-16-4-5-18(27(28,29)30)12-21(16)35-22(14-24(36)37)25-20(7-11-39-25)32-26(35)33-9-10-34(17(2)15-33)19-6-8-31-23(13-19)38-3/h4-8,11-13,17,22H,9-10,14-15H2,1-3H3,(H,36,37)/t17-,22+/m1/s1. The van der Waals surface area contributed by atoms with Gasteiger partial charge in [-0.3, -0.25) is 4.79 Å². The van der Waals surface area contributed by atoms with Crippen molar-refractivity contribution in [3.63, 3.8) is 0 Å². The summed E-state index contributed by atoms with van der Waals surface area (Å²) in [6, 6.07) is 8.48. The molecule has 1 N–H and O–H groups in total. The topological polar surface area (TPSA) is 81.5 Å². The summed E-state index contributed by atoms with van der Waals surface area (Å²) in [5, 5.41) is 11.6. The van der Waals surface area contributed by atoms with Crippen LogP contribution in [0.1, 0.15) is 35.4 Å². The van der Waals surface area contributed by atoms with E-state index in [0.717, 1.165) is 17.8 Å². The smallest absolute Gasteiger partial charge is 0.416 e. The Morgan fingerprint density at radius 3 is 2.69 bits per heavy atom. The molecule has 5 rings (SSSR count). The molecule has 12 heteroatoms. The number of guanidine groups is 1. The van der Waals surface area contributed by atoms with E-state index in [4.69, 9.17) is 9.73 Å². The number of ether oxygens (including phenoxy) is 1. The van der Waals surface area contributed by atoms with E-state index in [1.165, 1.54) is 17.4 Å². The van der Waals surface area contributed by atoms with E-state index < -0.39 is 23.8 Å². The number of nitrogens with zero attached hydrogens (tertiary/aromatic N) is 5. The number of rotatable bonds is 5. The van der Waals surface area contributed by atoms with E-state index in [9.17, 15) is 23.1 Å². The SMILES string of the molecule is COc1cc(N2CCN(C3=Nc4ccsc4[C@H](CC(=O)O)N3c3cc(C(F)(F)F)ccc3C)C[C@H]2C)ccn1. The predicted octanol–water partition coefficient (Wildman–Crippen LogP) is 5.71. The number of hydrogen-bond donors (Lipinski definition) is 1. The number of hydrogen-bond acceptors (Lipinski definition) is 8. The number of aliphatic imine (C=N–C) groups is 1.